The fourth-order valence-corrected chi connectivity index (χ4v) is 2.62. The highest BCUT2D eigenvalue weighted by atomic mass is 14.9. The van der Waals surface area contributed by atoms with Gasteiger partial charge in [0.05, 0.1) is 23.0 Å². The summed E-state index contributed by atoms with van der Waals surface area (Å²) in [7, 11) is 0. The first-order chi connectivity index (χ1) is 12.4. The number of nitriles is 1. The Morgan fingerprint density at radius 3 is 2.50 bits per heavy atom. The van der Waals surface area contributed by atoms with Crippen LogP contribution in [-0.4, -0.2) is 17.2 Å². The van der Waals surface area contributed by atoms with Gasteiger partial charge in [0.1, 0.15) is 0 Å². The predicted molar refractivity (Wildman–Crippen MR) is 109 cm³/mol. The van der Waals surface area contributed by atoms with E-state index in [2.05, 4.69) is 57.1 Å². The van der Waals surface area contributed by atoms with Crippen molar-refractivity contribution in [1.82, 2.24) is 4.98 Å². The van der Waals surface area contributed by atoms with E-state index in [0.29, 0.717) is 11.5 Å². The van der Waals surface area contributed by atoms with Crippen LogP contribution in [0.2, 0.25) is 0 Å². The molecule has 0 aliphatic heterocycles. The summed E-state index contributed by atoms with van der Waals surface area (Å²) < 4.78 is 0. The molecule has 1 aromatic heterocycles. The van der Waals surface area contributed by atoms with Crippen LogP contribution in [0.4, 0.5) is 11.4 Å². The third-order valence-electron chi connectivity index (χ3n) is 4.45. The van der Waals surface area contributed by atoms with Gasteiger partial charge in [-0.1, -0.05) is 27.7 Å². The molecule has 1 atom stereocenters. The van der Waals surface area contributed by atoms with Gasteiger partial charge in [-0.25, -0.2) is 0 Å². The van der Waals surface area contributed by atoms with Crippen molar-refractivity contribution in [2.24, 2.45) is 10.9 Å². The first kappa shape index (κ1) is 19.7. The van der Waals surface area contributed by atoms with E-state index >= 15 is 0 Å². The Morgan fingerprint density at radius 1 is 1.23 bits per heavy atom. The number of hydrogen-bond donors (Lipinski definition) is 1. The first-order valence-electron chi connectivity index (χ1n) is 9.21. The number of aromatic nitrogens is 1. The lowest BCUT2D eigenvalue weighted by Gasteiger charge is -2.17. The molecule has 2 rings (SSSR count). The smallest absolute Gasteiger partial charge is 0.0991 e. The third-order valence-corrected chi connectivity index (χ3v) is 4.45. The Bertz CT molecular complexity index is 798. The zero-order chi connectivity index (χ0) is 19.1. The quantitative estimate of drug-likeness (QED) is 0.674. The molecule has 26 heavy (non-hydrogen) atoms. The Morgan fingerprint density at radius 2 is 1.92 bits per heavy atom. The average molecular weight is 348 g/mol. The zero-order valence-corrected chi connectivity index (χ0v) is 16.4. The summed E-state index contributed by atoms with van der Waals surface area (Å²) in [5, 5.41) is 12.4. The molecule has 4 heteroatoms. The van der Waals surface area contributed by atoms with Crippen molar-refractivity contribution in [2.75, 3.05) is 11.9 Å². The summed E-state index contributed by atoms with van der Waals surface area (Å²) in [5.41, 5.74) is 5.94. The minimum atomic E-state index is 0.230. The van der Waals surface area contributed by atoms with Crippen molar-refractivity contribution in [1.29, 1.82) is 5.26 Å². The van der Waals surface area contributed by atoms with Gasteiger partial charge in [-0.15, -0.1) is 0 Å². The largest absolute Gasteiger partial charge is 0.354 e. The van der Waals surface area contributed by atoms with E-state index in [1.807, 2.05) is 30.5 Å². The van der Waals surface area contributed by atoms with Crippen molar-refractivity contribution in [2.45, 2.75) is 47.0 Å². The van der Waals surface area contributed by atoms with E-state index in [1.165, 1.54) is 0 Å². The van der Waals surface area contributed by atoms with Crippen LogP contribution in [0.25, 0.3) is 0 Å². The second kappa shape index (κ2) is 9.15. The summed E-state index contributed by atoms with van der Waals surface area (Å²) in [5.74, 6) is 0.792. The minimum absolute atomic E-state index is 0.230. The van der Waals surface area contributed by atoms with Crippen LogP contribution in [0.3, 0.4) is 0 Å². The number of nitrogens with one attached hydrogen (secondary N) is 1. The van der Waals surface area contributed by atoms with Gasteiger partial charge in [-0.2, -0.15) is 5.26 Å². The SMILES string of the molecule is CCc1ncc(C(C)C(C)=NCC(C)C)cc1Nc1ccc(C#N)cc1. The summed E-state index contributed by atoms with van der Waals surface area (Å²) in [6.07, 6.45) is 2.82. The van der Waals surface area contributed by atoms with Gasteiger partial charge in [-0.3, -0.25) is 9.98 Å². The Balaban J connectivity index is 2.27. The lowest BCUT2D eigenvalue weighted by molar-refractivity contribution is 0.663. The number of aryl methyl sites for hydroxylation is 1. The number of hydrogen-bond acceptors (Lipinski definition) is 4. The van der Waals surface area contributed by atoms with Crippen LogP contribution < -0.4 is 5.32 Å². The molecule has 1 heterocycles. The maximum atomic E-state index is 8.94. The number of pyridine rings is 1. The molecule has 1 aromatic carbocycles. The monoisotopic (exact) mass is 348 g/mol. The summed E-state index contributed by atoms with van der Waals surface area (Å²) in [6.45, 7) is 11.6. The molecule has 0 spiro atoms. The van der Waals surface area contributed by atoms with Crippen molar-refractivity contribution in [3.8, 4) is 6.07 Å². The fourth-order valence-electron chi connectivity index (χ4n) is 2.62. The topological polar surface area (TPSA) is 61.1 Å². The summed E-state index contributed by atoms with van der Waals surface area (Å²) in [4.78, 5) is 9.37. The van der Waals surface area contributed by atoms with E-state index in [1.54, 1.807) is 0 Å². The molecule has 0 bridgehead atoms. The molecule has 0 aliphatic carbocycles. The van der Waals surface area contributed by atoms with Crippen LogP contribution in [-0.2, 0) is 6.42 Å². The maximum Gasteiger partial charge on any atom is 0.0991 e. The molecule has 0 aliphatic rings. The van der Waals surface area contributed by atoms with Gasteiger partial charge in [0.15, 0.2) is 0 Å². The molecule has 0 fully saturated rings. The normalized spacial score (nSPS) is 12.7. The highest BCUT2D eigenvalue weighted by Gasteiger charge is 2.13. The molecule has 0 radical (unpaired) electrons. The predicted octanol–water partition coefficient (Wildman–Crippen LogP) is 5.48. The molecule has 0 saturated carbocycles. The number of rotatable bonds is 7. The second-order valence-electron chi connectivity index (χ2n) is 7.03. The number of benzene rings is 1. The van der Waals surface area contributed by atoms with Gasteiger partial charge in [0.25, 0.3) is 0 Å². The van der Waals surface area contributed by atoms with Crippen LogP contribution in [0, 0.1) is 17.2 Å². The van der Waals surface area contributed by atoms with E-state index in [-0.39, 0.29) is 5.92 Å². The second-order valence-corrected chi connectivity index (χ2v) is 7.03. The van der Waals surface area contributed by atoms with Crippen LogP contribution in [0.15, 0.2) is 41.5 Å². The molecular weight excluding hydrogens is 320 g/mol. The van der Waals surface area contributed by atoms with Gasteiger partial charge < -0.3 is 5.32 Å². The third kappa shape index (κ3) is 5.16. The van der Waals surface area contributed by atoms with E-state index in [9.17, 15) is 0 Å². The molecule has 0 amide bonds. The lowest BCUT2D eigenvalue weighted by Crippen LogP contribution is -2.09. The van der Waals surface area contributed by atoms with Crippen molar-refractivity contribution in [3.05, 3.63) is 53.3 Å². The Kier molecular flexibility index (Phi) is 6.91. The van der Waals surface area contributed by atoms with E-state index in [0.717, 1.165) is 41.3 Å². The Labute approximate surface area is 157 Å². The van der Waals surface area contributed by atoms with Crippen LogP contribution in [0.1, 0.15) is 57.4 Å². The summed E-state index contributed by atoms with van der Waals surface area (Å²) in [6, 6.07) is 11.8. The van der Waals surface area contributed by atoms with Crippen molar-refractivity contribution in [3.63, 3.8) is 0 Å². The highest BCUT2D eigenvalue weighted by Crippen LogP contribution is 2.26. The number of aliphatic imine (C=N–C) groups is 1. The minimum Gasteiger partial charge on any atom is -0.354 e. The Hall–Kier alpha value is -2.67. The highest BCUT2D eigenvalue weighted by molar-refractivity contribution is 5.88. The maximum absolute atomic E-state index is 8.94. The fraction of sp³-hybridized carbons (Fsp3) is 0.409. The molecule has 0 saturated heterocycles. The molecule has 1 unspecified atom stereocenters. The van der Waals surface area contributed by atoms with Gasteiger partial charge in [0.2, 0.25) is 0 Å². The van der Waals surface area contributed by atoms with E-state index < -0.39 is 0 Å². The standard InChI is InChI=1S/C22H28N4/c1-6-21-22(26-20-9-7-18(12-23)8-10-20)11-19(14-25-21)16(4)17(5)24-13-15(2)3/h7-11,14-16,26H,6,13H2,1-5H3. The summed E-state index contributed by atoms with van der Waals surface area (Å²) >= 11 is 0. The number of nitrogens with zero attached hydrogens (tertiary/aromatic N) is 3. The van der Waals surface area contributed by atoms with Gasteiger partial charge >= 0.3 is 0 Å². The molecular formula is C22H28N4. The van der Waals surface area contributed by atoms with Crippen molar-refractivity contribution < 1.29 is 0 Å². The van der Waals surface area contributed by atoms with Crippen LogP contribution >= 0.6 is 0 Å². The molecule has 4 nitrogen and oxygen atoms in total. The average Bonchev–Trinajstić information content (AvgIpc) is 2.66. The molecule has 1 N–H and O–H groups in total. The van der Waals surface area contributed by atoms with Gasteiger partial charge in [-0.05, 0) is 55.2 Å². The van der Waals surface area contributed by atoms with Crippen molar-refractivity contribution >= 4 is 17.1 Å². The molecule has 136 valence electrons. The van der Waals surface area contributed by atoms with E-state index in [4.69, 9.17) is 10.3 Å². The first-order valence-corrected chi connectivity index (χ1v) is 9.21. The lowest BCUT2D eigenvalue weighted by atomic mass is 9.97. The zero-order valence-electron chi connectivity index (χ0n) is 16.4. The van der Waals surface area contributed by atoms with Gasteiger partial charge in [0, 0.05) is 30.1 Å². The van der Waals surface area contributed by atoms with Crippen LogP contribution in [0.5, 0.6) is 0 Å². The molecule has 2 aromatic rings. The number of anilines is 2.